The highest BCUT2D eigenvalue weighted by molar-refractivity contribution is 5.92. The van der Waals surface area contributed by atoms with Gasteiger partial charge in [-0.3, -0.25) is 10.3 Å². The topological polar surface area (TPSA) is 88.5 Å². The van der Waals surface area contributed by atoms with Crippen molar-refractivity contribution in [3.8, 4) is 5.88 Å². The summed E-state index contributed by atoms with van der Waals surface area (Å²) < 4.78 is 16.8. The number of carbonyl (C=O) groups excluding carboxylic acids is 1. The zero-order valence-corrected chi connectivity index (χ0v) is 22.6. The predicted octanol–water partition coefficient (Wildman–Crippen LogP) is 4.43. The lowest BCUT2D eigenvalue weighted by atomic mass is 10.1. The molecule has 0 unspecified atom stereocenters. The summed E-state index contributed by atoms with van der Waals surface area (Å²) in [6, 6.07) is 11.2. The van der Waals surface area contributed by atoms with Crippen LogP contribution in [0, 0.1) is 0 Å². The van der Waals surface area contributed by atoms with Crippen molar-refractivity contribution in [2.24, 2.45) is 5.10 Å². The van der Waals surface area contributed by atoms with E-state index < -0.39 is 0 Å². The Morgan fingerprint density at radius 2 is 1.95 bits per heavy atom. The first-order valence-electron chi connectivity index (χ1n) is 13.3. The second-order valence-electron chi connectivity index (χ2n) is 9.29. The highest BCUT2D eigenvalue weighted by atomic mass is 16.5. The number of pyridine rings is 1. The molecular weight excluding hydrogens is 470 g/mol. The average Bonchev–Trinajstić information content (AvgIpc) is 2.89. The first kappa shape index (κ1) is 28.4. The Bertz CT molecular complexity index is 1000. The SMILES string of the molecule is CCCN(CCC)c1cc(N/N=C/c2cccc(C(=O)OC(C)C)c2)nc(OCCN2CCOCC2)c1. The molecule has 1 aromatic heterocycles. The predicted molar refractivity (Wildman–Crippen MR) is 148 cm³/mol. The van der Waals surface area contributed by atoms with Gasteiger partial charge in [-0.15, -0.1) is 0 Å². The molecule has 37 heavy (non-hydrogen) atoms. The normalized spacial score (nSPS) is 14.2. The maximum absolute atomic E-state index is 12.2. The highest BCUT2D eigenvalue weighted by Gasteiger charge is 2.13. The van der Waals surface area contributed by atoms with Crippen LogP contribution >= 0.6 is 0 Å². The van der Waals surface area contributed by atoms with Gasteiger partial charge in [0.2, 0.25) is 5.88 Å². The molecule has 1 saturated heterocycles. The zero-order chi connectivity index (χ0) is 26.5. The van der Waals surface area contributed by atoms with Gasteiger partial charge in [-0.25, -0.2) is 4.79 Å². The Balaban J connectivity index is 1.71. The molecule has 202 valence electrons. The number of anilines is 2. The molecular formula is C28H41N5O4. The van der Waals surface area contributed by atoms with Crippen molar-refractivity contribution in [2.45, 2.75) is 46.6 Å². The third kappa shape index (κ3) is 9.66. The molecule has 0 aliphatic carbocycles. The number of hydrazone groups is 1. The molecule has 9 nitrogen and oxygen atoms in total. The Hall–Kier alpha value is -3.17. The Morgan fingerprint density at radius 3 is 2.65 bits per heavy atom. The molecule has 1 aromatic carbocycles. The van der Waals surface area contributed by atoms with E-state index in [9.17, 15) is 4.79 Å². The van der Waals surface area contributed by atoms with Crippen LogP contribution in [0.3, 0.4) is 0 Å². The van der Waals surface area contributed by atoms with E-state index >= 15 is 0 Å². The van der Waals surface area contributed by atoms with E-state index in [1.54, 1.807) is 18.3 Å². The molecule has 2 aromatic rings. The van der Waals surface area contributed by atoms with Crippen molar-refractivity contribution in [3.63, 3.8) is 0 Å². The highest BCUT2D eigenvalue weighted by Crippen LogP contribution is 2.25. The maximum atomic E-state index is 12.2. The van der Waals surface area contributed by atoms with Crippen molar-refractivity contribution < 1.29 is 19.0 Å². The third-order valence-corrected chi connectivity index (χ3v) is 5.76. The van der Waals surface area contributed by atoms with E-state index in [2.05, 4.69) is 39.2 Å². The molecule has 1 aliphatic rings. The lowest BCUT2D eigenvalue weighted by molar-refractivity contribution is 0.0320. The molecule has 0 atom stereocenters. The van der Waals surface area contributed by atoms with Gasteiger partial charge in [0.15, 0.2) is 5.82 Å². The van der Waals surface area contributed by atoms with Crippen LogP contribution in [0.15, 0.2) is 41.5 Å². The smallest absolute Gasteiger partial charge is 0.338 e. The van der Waals surface area contributed by atoms with Gasteiger partial charge in [-0.1, -0.05) is 26.0 Å². The lowest BCUT2D eigenvalue weighted by Crippen LogP contribution is -2.38. The van der Waals surface area contributed by atoms with Crippen LogP contribution < -0.4 is 15.1 Å². The third-order valence-electron chi connectivity index (χ3n) is 5.76. The minimum atomic E-state index is -0.349. The largest absolute Gasteiger partial charge is 0.476 e. The summed E-state index contributed by atoms with van der Waals surface area (Å²) >= 11 is 0. The fourth-order valence-electron chi connectivity index (χ4n) is 4.02. The number of morpholine rings is 1. The number of nitrogens with zero attached hydrogens (tertiary/aromatic N) is 4. The van der Waals surface area contributed by atoms with Crippen LogP contribution in [-0.2, 0) is 9.47 Å². The second-order valence-corrected chi connectivity index (χ2v) is 9.29. The molecule has 3 rings (SSSR count). The number of benzene rings is 1. The molecule has 0 spiro atoms. The fourth-order valence-corrected chi connectivity index (χ4v) is 4.02. The first-order chi connectivity index (χ1) is 18.0. The molecule has 2 heterocycles. The molecule has 1 N–H and O–H groups in total. The van der Waals surface area contributed by atoms with Crippen LogP contribution in [0.5, 0.6) is 5.88 Å². The molecule has 0 saturated carbocycles. The Morgan fingerprint density at radius 1 is 1.19 bits per heavy atom. The monoisotopic (exact) mass is 511 g/mol. The Kier molecular flexibility index (Phi) is 11.6. The maximum Gasteiger partial charge on any atom is 0.338 e. The number of esters is 1. The average molecular weight is 512 g/mol. The van der Waals surface area contributed by atoms with Gasteiger partial charge in [0.25, 0.3) is 0 Å². The van der Waals surface area contributed by atoms with Gasteiger partial charge < -0.3 is 19.1 Å². The van der Waals surface area contributed by atoms with Crippen LogP contribution in [0.2, 0.25) is 0 Å². The number of ether oxygens (including phenoxy) is 3. The van der Waals surface area contributed by atoms with Gasteiger partial charge in [0, 0.05) is 50.5 Å². The van der Waals surface area contributed by atoms with Crippen LogP contribution in [0.4, 0.5) is 11.5 Å². The van der Waals surface area contributed by atoms with E-state index in [0.717, 1.165) is 70.0 Å². The molecule has 1 aliphatic heterocycles. The standard InChI is InChI=1S/C28H41N5O4/c1-5-10-33(11-6-2)25-19-26(30-27(20-25)36-17-14-32-12-15-35-16-13-32)31-29-21-23-8-7-9-24(18-23)28(34)37-22(3)4/h7-9,18-22H,5-6,10-17H2,1-4H3,(H,30,31)/b29-21+. The zero-order valence-electron chi connectivity index (χ0n) is 22.6. The van der Waals surface area contributed by atoms with Crippen LogP contribution in [0.1, 0.15) is 56.5 Å². The number of nitrogens with one attached hydrogen (secondary N) is 1. The van der Waals surface area contributed by atoms with Crippen molar-refractivity contribution in [2.75, 3.05) is 62.9 Å². The first-order valence-corrected chi connectivity index (χ1v) is 13.3. The van der Waals surface area contributed by atoms with Crippen molar-refractivity contribution >= 4 is 23.7 Å². The lowest BCUT2D eigenvalue weighted by Gasteiger charge is -2.26. The number of hydrogen-bond donors (Lipinski definition) is 1. The van der Waals surface area contributed by atoms with E-state index in [1.165, 1.54) is 0 Å². The number of hydrogen-bond acceptors (Lipinski definition) is 9. The molecule has 0 amide bonds. The summed E-state index contributed by atoms with van der Waals surface area (Å²) in [5.41, 5.74) is 5.36. The van der Waals surface area contributed by atoms with Crippen molar-refractivity contribution in [1.29, 1.82) is 0 Å². The minimum absolute atomic E-state index is 0.171. The van der Waals surface area contributed by atoms with Gasteiger partial charge in [0.1, 0.15) is 6.61 Å². The summed E-state index contributed by atoms with van der Waals surface area (Å²) in [4.78, 5) is 21.5. The van der Waals surface area contributed by atoms with Gasteiger partial charge >= 0.3 is 5.97 Å². The van der Waals surface area contributed by atoms with E-state index in [0.29, 0.717) is 23.9 Å². The van der Waals surface area contributed by atoms with E-state index in [4.69, 9.17) is 14.2 Å². The van der Waals surface area contributed by atoms with Crippen LogP contribution in [0.25, 0.3) is 0 Å². The summed E-state index contributed by atoms with van der Waals surface area (Å²) in [5, 5.41) is 4.37. The molecule has 9 heteroatoms. The van der Waals surface area contributed by atoms with Gasteiger partial charge in [-0.05, 0) is 44.4 Å². The summed E-state index contributed by atoms with van der Waals surface area (Å²) in [7, 11) is 0. The second kappa shape index (κ2) is 15.2. The Labute approximate surface area is 220 Å². The quantitative estimate of drug-likeness (QED) is 0.226. The van der Waals surface area contributed by atoms with Gasteiger partial charge in [0.05, 0.1) is 31.1 Å². The number of aromatic nitrogens is 1. The summed E-state index contributed by atoms with van der Waals surface area (Å²) in [6.45, 7) is 14.7. The van der Waals surface area contributed by atoms with Crippen molar-refractivity contribution in [1.82, 2.24) is 9.88 Å². The van der Waals surface area contributed by atoms with E-state index in [1.807, 2.05) is 38.1 Å². The van der Waals surface area contributed by atoms with Gasteiger partial charge in [-0.2, -0.15) is 10.1 Å². The van der Waals surface area contributed by atoms with Crippen molar-refractivity contribution in [3.05, 3.63) is 47.5 Å². The number of carbonyl (C=O) groups is 1. The molecule has 0 radical (unpaired) electrons. The summed E-state index contributed by atoms with van der Waals surface area (Å²) in [6.07, 6.45) is 3.59. The fraction of sp³-hybridized carbons (Fsp3) is 0.536. The minimum Gasteiger partial charge on any atom is -0.476 e. The number of rotatable bonds is 14. The molecule has 1 fully saturated rings. The van der Waals surface area contributed by atoms with E-state index in [-0.39, 0.29) is 12.1 Å². The molecule has 0 bridgehead atoms. The summed E-state index contributed by atoms with van der Waals surface area (Å²) in [5.74, 6) is 0.820. The van der Waals surface area contributed by atoms with Crippen LogP contribution in [-0.4, -0.2) is 80.7 Å².